The van der Waals surface area contributed by atoms with Crippen LogP contribution >= 0.6 is 0 Å². The van der Waals surface area contributed by atoms with E-state index in [0.717, 1.165) is 96.3 Å². The minimum atomic E-state index is -0.825. The third-order valence-corrected chi connectivity index (χ3v) is 8.79. The number of esters is 3. The fourth-order valence-electron chi connectivity index (χ4n) is 5.37. The predicted octanol–water partition coefficient (Wildman–Crippen LogP) is 14.4. The molecule has 0 saturated carbocycles. The first-order valence-electron chi connectivity index (χ1n) is 22.4. The molecular formula is C51H80O6. The third kappa shape index (κ3) is 43.0. The van der Waals surface area contributed by atoms with Gasteiger partial charge in [0.25, 0.3) is 0 Å². The molecule has 0 bridgehead atoms. The molecule has 0 radical (unpaired) electrons. The number of allylic oxidation sites excluding steroid dienone is 18. The molecule has 0 aromatic carbocycles. The summed E-state index contributed by atoms with van der Waals surface area (Å²) in [5.74, 6) is -1.05. The molecule has 0 aromatic rings. The number of carbonyl (C=O) groups excluding carboxylic acids is 3. The summed E-state index contributed by atoms with van der Waals surface area (Å²) in [6, 6.07) is 0. The van der Waals surface area contributed by atoms with Gasteiger partial charge >= 0.3 is 17.9 Å². The second kappa shape index (κ2) is 44.8. The van der Waals surface area contributed by atoms with Crippen molar-refractivity contribution in [2.45, 2.75) is 181 Å². The van der Waals surface area contributed by atoms with Gasteiger partial charge < -0.3 is 14.2 Å². The molecule has 0 saturated heterocycles. The molecule has 0 aliphatic rings. The van der Waals surface area contributed by atoms with Crippen molar-refractivity contribution in [1.82, 2.24) is 0 Å². The Bertz CT molecular complexity index is 1230. The van der Waals surface area contributed by atoms with Gasteiger partial charge in [-0.05, 0) is 96.3 Å². The van der Waals surface area contributed by atoms with Crippen molar-refractivity contribution < 1.29 is 28.6 Å². The van der Waals surface area contributed by atoms with Crippen molar-refractivity contribution in [3.8, 4) is 0 Å². The molecule has 0 aliphatic heterocycles. The second-order valence-corrected chi connectivity index (χ2v) is 14.3. The van der Waals surface area contributed by atoms with Gasteiger partial charge in [-0.3, -0.25) is 14.4 Å². The van der Waals surface area contributed by atoms with Crippen LogP contribution in [0.2, 0.25) is 0 Å². The molecule has 6 nitrogen and oxygen atoms in total. The zero-order valence-corrected chi connectivity index (χ0v) is 36.3. The Morgan fingerprint density at radius 2 is 0.754 bits per heavy atom. The average Bonchev–Trinajstić information content (AvgIpc) is 3.21. The molecular weight excluding hydrogens is 709 g/mol. The van der Waals surface area contributed by atoms with Crippen LogP contribution < -0.4 is 0 Å². The maximum atomic E-state index is 12.7. The van der Waals surface area contributed by atoms with Gasteiger partial charge in [0.1, 0.15) is 13.2 Å². The van der Waals surface area contributed by atoms with Crippen molar-refractivity contribution in [2.24, 2.45) is 0 Å². The summed E-state index contributed by atoms with van der Waals surface area (Å²) in [5, 5.41) is 0. The van der Waals surface area contributed by atoms with Gasteiger partial charge in [0, 0.05) is 19.3 Å². The van der Waals surface area contributed by atoms with E-state index in [1.54, 1.807) is 0 Å². The van der Waals surface area contributed by atoms with E-state index in [9.17, 15) is 14.4 Å². The van der Waals surface area contributed by atoms with Crippen LogP contribution in [0.15, 0.2) is 109 Å². The topological polar surface area (TPSA) is 78.9 Å². The Labute approximate surface area is 349 Å². The second-order valence-electron chi connectivity index (χ2n) is 14.3. The Balaban J connectivity index is 4.55. The summed E-state index contributed by atoms with van der Waals surface area (Å²) < 4.78 is 16.6. The molecule has 0 N–H and O–H groups in total. The van der Waals surface area contributed by atoms with E-state index in [1.165, 1.54) is 25.7 Å². The van der Waals surface area contributed by atoms with Gasteiger partial charge in [-0.15, -0.1) is 0 Å². The van der Waals surface area contributed by atoms with E-state index in [1.807, 2.05) is 0 Å². The van der Waals surface area contributed by atoms with Crippen LogP contribution in [-0.4, -0.2) is 37.2 Å². The number of hydrogen-bond acceptors (Lipinski definition) is 6. The highest BCUT2D eigenvalue weighted by Crippen LogP contribution is 2.10. The first kappa shape index (κ1) is 53.1. The highest BCUT2D eigenvalue weighted by Gasteiger charge is 2.19. The van der Waals surface area contributed by atoms with Crippen molar-refractivity contribution in [3.05, 3.63) is 109 Å². The predicted molar refractivity (Wildman–Crippen MR) is 242 cm³/mol. The summed E-state index contributed by atoms with van der Waals surface area (Å²) in [7, 11) is 0. The van der Waals surface area contributed by atoms with E-state index in [0.29, 0.717) is 19.3 Å². The Hall–Kier alpha value is -3.93. The van der Waals surface area contributed by atoms with Crippen LogP contribution in [0.4, 0.5) is 0 Å². The number of rotatable bonds is 38. The fourth-order valence-corrected chi connectivity index (χ4v) is 5.37. The molecule has 320 valence electrons. The van der Waals surface area contributed by atoms with E-state index >= 15 is 0 Å². The van der Waals surface area contributed by atoms with E-state index in [-0.39, 0.29) is 44.0 Å². The molecule has 1 atom stereocenters. The van der Waals surface area contributed by atoms with Crippen LogP contribution in [0, 0.1) is 0 Å². The highest BCUT2D eigenvalue weighted by atomic mass is 16.6. The van der Waals surface area contributed by atoms with E-state index in [2.05, 4.69) is 130 Å². The van der Waals surface area contributed by atoms with Gasteiger partial charge in [-0.2, -0.15) is 0 Å². The zero-order chi connectivity index (χ0) is 41.5. The molecule has 6 heteroatoms. The van der Waals surface area contributed by atoms with E-state index in [4.69, 9.17) is 14.2 Å². The van der Waals surface area contributed by atoms with Gasteiger partial charge in [0.15, 0.2) is 6.10 Å². The normalized spacial score (nSPS) is 13.1. The molecule has 0 amide bonds. The smallest absolute Gasteiger partial charge is 0.306 e. The average molecular weight is 789 g/mol. The molecule has 0 aliphatic carbocycles. The Kier molecular flexibility index (Phi) is 41.7. The Morgan fingerprint density at radius 1 is 0.386 bits per heavy atom. The van der Waals surface area contributed by atoms with Crippen LogP contribution in [0.3, 0.4) is 0 Å². The summed E-state index contributed by atoms with van der Waals surface area (Å²) in [5.41, 5.74) is 0. The molecule has 0 fully saturated rings. The maximum Gasteiger partial charge on any atom is 0.306 e. The van der Waals surface area contributed by atoms with Crippen molar-refractivity contribution in [2.75, 3.05) is 13.2 Å². The zero-order valence-electron chi connectivity index (χ0n) is 36.3. The maximum absolute atomic E-state index is 12.7. The third-order valence-electron chi connectivity index (χ3n) is 8.79. The molecule has 0 heterocycles. The minimum Gasteiger partial charge on any atom is -0.462 e. The first-order chi connectivity index (χ1) is 28.0. The summed E-state index contributed by atoms with van der Waals surface area (Å²) in [4.78, 5) is 37.7. The lowest BCUT2D eigenvalue weighted by atomic mass is 10.1. The SMILES string of the molecule is CC/C=C\C/C=C\C/C=C\C/C=C\C/C=C\CCCC(=O)OCC(COC(=O)CCCCC/C=C\C=C/CCCC)OC(=O)CCCCC/C=C\C=C/CCCC. The standard InChI is InChI=1S/C51H80O6/c1-4-7-10-13-16-19-22-23-24-25-26-27-30-32-35-38-41-44-50(53)56-47-48(57-51(54)45-42-39-36-33-29-21-18-15-12-9-6-3)46-55-49(52)43-40-37-34-31-28-20-17-14-11-8-5-2/h7,10,14-21,23-24,26-29,32,35,48H,4-6,8-9,11-13,22,25,30-31,33-34,36-47H2,1-3H3/b10-7-,17-14-,18-15-,19-16-,24-23-,27-26-,28-20-,29-21-,35-32-. The Morgan fingerprint density at radius 3 is 1.19 bits per heavy atom. The number of ether oxygens (including phenoxy) is 3. The fraction of sp³-hybridized carbons (Fsp3) is 0.588. The van der Waals surface area contributed by atoms with Gasteiger partial charge in [0.05, 0.1) is 0 Å². The van der Waals surface area contributed by atoms with Crippen molar-refractivity contribution >= 4 is 17.9 Å². The summed E-state index contributed by atoms with van der Waals surface area (Å²) in [6.45, 7) is 6.28. The van der Waals surface area contributed by atoms with Gasteiger partial charge in [-0.25, -0.2) is 0 Å². The largest absolute Gasteiger partial charge is 0.462 e. The van der Waals surface area contributed by atoms with Gasteiger partial charge in [-0.1, -0.05) is 169 Å². The molecule has 57 heavy (non-hydrogen) atoms. The highest BCUT2D eigenvalue weighted by molar-refractivity contribution is 5.71. The molecule has 0 rings (SSSR count). The molecule has 0 spiro atoms. The summed E-state index contributed by atoms with van der Waals surface area (Å²) >= 11 is 0. The lowest BCUT2D eigenvalue weighted by Gasteiger charge is -2.18. The molecule has 0 aromatic heterocycles. The first-order valence-corrected chi connectivity index (χ1v) is 22.4. The van der Waals surface area contributed by atoms with E-state index < -0.39 is 6.10 Å². The van der Waals surface area contributed by atoms with Crippen LogP contribution in [0.1, 0.15) is 175 Å². The minimum absolute atomic E-state index is 0.123. The van der Waals surface area contributed by atoms with Gasteiger partial charge in [0.2, 0.25) is 0 Å². The van der Waals surface area contributed by atoms with Crippen LogP contribution in [-0.2, 0) is 28.6 Å². The number of unbranched alkanes of at least 4 members (excludes halogenated alkanes) is 11. The lowest BCUT2D eigenvalue weighted by molar-refractivity contribution is -0.167. The lowest BCUT2D eigenvalue weighted by Crippen LogP contribution is -2.30. The van der Waals surface area contributed by atoms with Crippen molar-refractivity contribution in [1.29, 1.82) is 0 Å². The van der Waals surface area contributed by atoms with Crippen LogP contribution in [0.25, 0.3) is 0 Å². The number of hydrogen-bond donors (Lipinski definition) is 0. The number of carbonyl (C=O) groups is 3. The summed E-state index contributed by atoms with van der Waals surface area (Å²) in [6.07, 6.45) is 59.4. The van der Waals surface area contributed by atoms with Crippen LogP contribution in [0.5, 0.6) is 0 Å². The monoisotopic (exact) mass is 789 g/mol. The van der Waals surface area contributed by atoms with Crippen molar-refractivity contribution in [3.63, 3.8) is 0 Å². The quantitative estimate of drug-likeness (QED) is 0.0204. The molecule has 1 unspecified atom stereocenters.